The number of pyridine rings is 2. The minimum absolute atomic E-state index is 0.0502. The molecule has 0 amide bonds. The summed E-state index contributed by atoms with van der Waals surface area (Å²) in [6.07, 6.45) is 0. The third-order valence-corrected chi connectivity index (χ3v) is 13.4. The molecule has 9 rings (SSSR count). The lowest BCUT2D eigenvalue weighted by Crippen LogP contribution is -2.60. The first-order chi connectivity index (χ1) is 30.4. The lowest BCUT2D eigenvalue weighted by molar-refractivity contribution is 0.482. The van der Waals surface area contributed by atoms with Gasteiger partial charge in [-0.05, 0) is 121 Å². The van der Waals surface area contributed by atoms with Gasteiger partial charge in [0.1, 0.15) is 11.5 Å². The van der Waals surface area contributed by atoms with Gasteiger partial charge in [0, 0.05) is 44.7 Å². The van der Waals surface area contributed by atoms with Gasteiger partial charge >= 0.3 is 0 Å². The van der Waals surface area contributed by atoms with Crippen molar-refractivity contribution < 1.29 is 4.74 Å². The smallest absolute Gasteiger partial charge is 0.256 e. The van der Waals surface area contributed by atoms with Crippen molar-refractivity contribution in [1.82, 2.24) is 9.97 Å². The highest BCUT2D eigenvalue weighted by Gasteiger charge is 2.44. The molecule has 0 N–H and O–H groups in total. The molecule has 4 nitrogen and oxygen atoms in total. The third-order valence-electron chi connectivity index (χ3n) is 13.4. The minimum atomic E-state index is -0.172. The number of hydrogen-bond acceptors (Lipinski definition) is 4. The molecule has 0 radical (unpaired) electrons. The third kappa shape index (κ3) is 8.10. The van der Waals surface area contributed by atoms with Crippen LogP contribution in [-0.2, 0) is 27.1 Å². The zero-order chi connectivity index (χ0) is 46.6. The van der Waals surface area contributed by atoms with Gasteiger partial charge in [0.25, 0.3) is 6.71 Å². The zero-order valence-corrected chi connectivity index (χ0v) is 41.5. The molecule has 0 atom stereocenters. The fourth-order valence-corrected chi connectivity index (χ4v) is 9.41. The van der Waals surface area contributed by atoms with Crippen LogP contribution in [0, 0.1) is 0 Å². The van der Waals surface area contributed by atoms with Crippen LogP contribution in [-0.4, -0.2) is 16.7 Å². The van der Waals surface area contributed by atoms with E-state index in [0.29, 0.717) is 0 Å². The number of hydrogen-bond donors (Lipinski definition) is 0. The van der Waals surface area contributed by atoms with Gasteiger partial charge in [-0.2, -0.15) is 0 Å². The van der Waals surface area contributed by atoms with E-state index >= 15 is 0 Å². The van der Waals surface area contributed by atoms with E-state index in [1.807, 2.05) is 0 Å². The largest absolute Gasteiger partial charge is 0.458 e. The van der Waals surface area contributed by atoms with Gasteiger partial charge in [-0.15, -0.1) is 0 Å². The molecule has 0 saturated heterocycles. The van der Waals surface area contributed by atoms with Crippen LogP contribution in [0.3, 0.4) is 0 Å². The molecule has 7 aromatic rings. The first-order valence-electron chi connectivity index (χ1n) is 23.5. The molecule has 2 aromatic heterocycles. The van der Waals surface area contributed by atoms with Crippen molar-refractivity contribution >= 4 is 40.2 Å². The molecular weight excluding hydrogens is 789 g/mol. The number of nitrogens with zero attached hydrogens (tertiary/aromatic N) is 3. The van der Waals surface area contributed by atoms with Crippen LogP contribution in [0.4, 0.5) is 17.1 Å². The molecule has 0 unspecified atom stereocenters. The summed E-state index contributed by atoms with van der Waals surface area (Å²) in [5.41, 5.74) is 18.5. The number of fused-ring (bicyclic) bond motifs is 4. The normalized spacial score (nSPS) is 13.8. The molecule has 65 heavy (non-hydrogen) atoms. The number of benzene rings is 5. The predicted octanol–water partition coefficient (Wildman–Crippen LogP) is 14.4. The maximum Gasteiger partial charge on any atom is 0.256 e. The van der Waals surface area contributed by atoms with E-state index < -0.39 is 0 Å². The Balaban J connectivity index is 1.47. The van der Waals surface area contributed by atoms with E-state index in [2.05, 4.69) is 236 Å². The Bertz CT molecular complexity index is 2910. The fourth-order valence-electron chi connectivity index (χ4n) is 9.41. The Hall–Kier alpha value is -5.94. The highest BCUT2D eigenvalue weighted by molar-refractivity contribution is 6.99. The second-order valence-electron chi connectivity index (χ2n) is 23.7. The summed E-state index contributed by atoms with van der Waals surface area (Å²) in [5.74, 6) is 1.82. The second-order valence-corrected chi connectivity index (χ2v) is 23.7. The number of aromatic nitrogens is 2. The average Bonchev–Trinajstić information content (AvgIpc) is 3.24. The van der Waals surface area contributed by atoms with Gasteiger partial charge in [0.05, 0.1) is 17.1 Å². The molecular formula is C60H66BN3O. The lowest BCUT2D eigenvalue weighted by Gasteiger charge is -2.43. The van der Waals surface area contributed by atoms with Crippen molar-refractivity contribution in [3.63, 3.8) is 0 Å². The molecule has 4 heterocycles. The van der Waals surface area contributed by atoms with Crippen molar-refractivity contribution in [2.24, 2.45) is 0 Å². The summed E-state index contributed by atoms with van der Waals surface area (Å²) in [4.78, 5) is 13.7. The minimum Gasteiger partial charge on any atom is -0.458 e. The van der Waals surface area contributed by atoms with E-state index in [1.54, 1.807) is 0 Å². The van der Waals surface area contributed by atoms with Crippen molar-refractivity contribution in [1.29, 1.82) is 0 Å². The van der Waals surface area contributed by atoms with E-state index in [9.17, 15) is 0 Å². The molecule has 5 aromatic carbocycles. The van der Waals surface area contributed by atoms with Crippen molar-refractivity contribution in [3.8, 4) is 45.1 Å². The van der Waals surface area contributed by atoms with Gasteiger partial charge in [-0.1, -0.05) is 171 Å². The Kier molecular flexibility index (Phi) is 10.4. The molecule has 0 bridgehead atoms. The molecule has 0 spiro atoms. The Morgan fingerprint density at radius 1 is 0.415 bits per heavy atom. The Labute approximate surface area is 389 Å². The van der Waals surface area contributed by atoms with Gasteiger partial charge in [0.2, 0.25) is 0 Å². The maximum absolute atomic E-state index is 7.19. The standard InChI is InChI=1S/C60H66BN3O/c1-56(2,3)39-28-30-50-45(34-39)61-44-31-38(37-21-17-16-18-22-37)27-29-48(44)64(49-35-41(58(7,8)9)36-51(65-50)54(49)61)55-42(46-23-19-25-52(62-46)59(10,11)12)32-40(57(4,5)6)33-43(55)47-24-20-26-53(63-47)60(13,14)15/h16-36H,1-15H3. The summed E-state index contributed by atoms with van der Waals surface area (Å²) < 4.78 is 7.19. The topological polar surface area (TPSA) is 38.2 Å². The van der Waals surface area contributed by atoms with Crippen LogP contribution in [0.5, 0.6) is 11.5 Å². The SMILES string of the molecule is CC(C)(C)c1ccc2c(c1)B1c3cc(-c4ccccc4)ccc3N(c3c(-c4cccc(C(C)(C)C)n4)cc(C(C)(C)C)cc3-c3cccc(C(C)(C)C)n3)c3cc(C(C)(C)C)cc(c31)O2. The second kappa shape index (κ2) is 15.3. The van der Waals surface area contributed by atoms with Crippen LogP contribution >= 0.6 is 0 Å². The lowest BCUT2D eigenvalue weighted by atomic mass is 9.33. The first-order valence-corrected chi connectivity index (χ1v) is 23.5. The van der Waals surface area contributed by atoms with Crippen LogP contribution in [0.1, 0.15) is 132 Å². The highest BCUT2D eigenvalue weighted by Crippen LogP contribution is 2.51. The van der Waals surface area contributed by atoms with Crippen LogP contribution in [0.25, 0.3) is 33.6 Å². The molecule has 330 valence electrons. The van der Waals surface area contributed by atoms with Gasteiger partial charge in [-0.25, -0.2) is 0 Å². The molecule has 5 heteroatoms. The molecule has 0 aliphatic carbocycles. The van der Waals surface area contributed by atoms with E-state index in [-0.39, 0.29) is 33.8 Å². The number of rotatable bonds is 4. The van der Waals surface area contributed by atoms with Crippen LogP contribution in [0.2, 0.25) is 0 Å². The van der Waals surface area contributed by atoms with Crippen LogP contribution < -0.4 is 26.0 Å². The molecule has 2 aliphatic rings. The monoisotopic (exact) mass is 856 g/mol. The first kappa shape index (κ1) is 44.3. The Morgan fingerprint density at radius 3 is 1.51 bits per heavy atom. The van der Waals surface area contributed by atoms with Crippen molar-refractivity contribution in [2.45, 2.75) is 131 Å². The van der Waals surface area contributed by atoms with Crippen LogP contribution in [0.15, 0.2) is 127 Å². The summed E-state index contributed by atoms with van der Waals surface area (Å²) >= 11 is 0. The highest BCUT2D eigenvalue weighted by atomic mass is 16.5. The average molecular weight is 856 g/mol. The number of anilines is 3. The van der Waals surface area contributed by atoms with Crippen molar-refractivity contribution in [3.05, 3.63) is 155 Å². The van der Waals surface area contributed by atoms with Gasteiger partial charge in [-0.3, -0.25) is 9.97 Å². The summed E-state index contributed by atoms with van der Waals surface area (Å²) in [7, 11) is 0. The van der Waals surface area contributed by atoms with E-state index in [0.717, 1.165) is 62.5 Å². The molecule has 0 fully saturated rings. The van der Waals surface area contributed by atoms with Gasteiger partial charge in [0.15, 0.2) is 0 Å². The summed E-state index contributed by atoms with van der Waals surface area (Å²) in [5, 5.41) is 0. The maximum atomic E-state index is 7.19. The molecule has 0 saturated carbocycles. The van der Waals surface area contributed by atoms with Gasteiger partial charge < -0.3 is 9.64 Å². The summed E-state index contributed by atoms with van der Waals surface area (Å²) in [6.45, 7) is 34.1. The predicted molar refractivity (Wildman–Crippen MR) is 278 cm³/mol. The fraction of sp³-hybridized carbons (Fsp3) is 0.333. The van der Waals surface area contributed by atoms with E-state index in [4.69, 9.17) is 14.7 Å². The molecule has 2 aliphatic heterocycles. The zero-order valence-electron chi connectivity index (χ0n) is 41.5. The number of ether oxygens (including phenoxy) is 1. The van der Waals surface area contributed by atoms with E-state index in [1.165, 1.54) is 44.2 Å². The quantitative estimate of drug-likeness (QED) is 0.165. The Morgan fingerprint density at radius 2 is 0.969 bits per heavy atom. The van der Waals surface area contributed by atoms with Crippen molar-refractivity contribution in [2.75, 3.05) is 4.90 Å². The summed E-state index contributed by atoms with van der Waals surface area (Å²) in [6, 6.07) is 47.5.